The van der Waals surface area contributed by atoms with Crippen LogP contribution in [0, 0.1) is 0 Å². The Kier molecular flexibility index (Phi) is 4.72. The third-order valence-corrected chi connectivity index (χ3v) is 5.69. The van der Waals surface area contributed by atoms with E-state index < -0.39 is 0 Å². The molecule has 0 unspecified atom stereocenters. The fourth-order valence-electron chi connectivity index (χ4n) is 2.75. The van der Waals surface area contributed by atoms with Crippen LogP contribution in [0.1, 0.15) is 5.56 Å². The number of benzene rings is 1. The van der Waals surface area contributed by atoms with Crippen LogP contribution in [0.3, 0.4) is 0 Å². The molecule has 0 N–H and O–H groups in total. The number of nitrogens with zero attached hydrogens (tertiary/aromatic N) is 2. The molecule has 2 fully saturated rings. The van der Waals surface area contributed by atoms with Crippen molar-refractivity contribution in [3.63, 3.8) is 0 Å². The lowest BCUT2D eigenvalue weighted by atomic mass is 10.2. The van der Waals surface area contributed by atoms with Gasteiger partial charge in [0, 0.05) is 17.6 Å². The first kappa shape index (κ1) is 16.9. The van der Waals surface area contributed by atoms with Crippen molar-refractivity contribution in [2.24, 2.45) is 0 Å². The van der Waals surface area contributed by atoms with Crippen LogP contribution in [0.25, 0.3) is 6.08 Å². The Labute approximate surface area is 157 Å². The van der Waals surface area contributed by atoms with Gasteiger partial charge in [-0.1, -0.05) is 15.9 Å². The molecule has 1 aromatic rings. The number of morpholine rings is 1. The summed E-state index contributed by atoms with van der Waals surface area (Å²) in [6.45, 7) is 3.16. The normalized spacial score (nSPS) is 22.3. The topological polar surface area (TPSA) is 68.3 Å². The van der Waals surface area contributed by atoms with Crippen LogP contribution in [0.4, 0.5) is 4.79 Å². The Morgan fingerprint density at radius 1 is 1.16 bits per heavy atom. The number of carbonyl (C=O) groups excluding carboxylic acids is 2. The summed E-state index contributed by atoms with van der Waals surface area (Å²) in [5.74, 6) is 1.01. The van der Waals surface area contributed by atoms with Gasteiger partial charge in [0.05, 0.1) is 24.8 Å². The minimum absolute atomic E-state index is 0.182. The van der Waals surface area contributed by atoms with Crippen molar-refractivity contribution in [2.45, 2.75) is 0 Å². The van der Waals surface area contributed by atoms with Gasteiger partial charge in [-0.2, -0.15) is 0 Å². The minimum Gasteiger partial charge on any atom is -0.454 e. The number of halogens is 1. The zero-order chi connectivity index (χ0) is 17.4. The van der Waals surface area contributed by atoms with Gasteiger partial charge in [0.25, 0.3) is 11.1 Å². The van der Waals surface area contributed by atoms with Crippen molar-refractivity contribution >= 4 is 44.9 Å². The lowest BCUT2D eigenvalue weighted by Crippen LogP contribution is -2.45. The molecule has 3 aliphatic heterocycles. The molecule has 0 aliphatic carbocycles. The number of carbonyl (C=O) groups is 2. The number of ether oxygens (including phenoxy) is 3. The largest absolute Gasteiger partial charge is 0.454 e. The average molecular weight is 427 g/mol. The quantitative estimate of drug-likeness (QED) is 0.687. The molecule has 25 heavy (non-hydrogen) atoms. The molecule has 0 aromatic heterocycles. The number of rotatable bonds is 3. The van der Waals surface area contributed by atoms with Crippen molar-refractivity contribution in [3.05, 3.63) is 27.1 Å². The molecule has 0 atom stereocenters. The van der Waals surface area contributed by atoms with Gasteiger partial charge in [-0.15, -0.1) is 0 Å². The Hall–Kier alpha value is -1.55. The highest BCUT2D eigenvalue weighted by Crippen LogP contribution is 2.39. The predicted molar refractivity (Wildman–Crippen MR) is 95.3 cm³/mol. The highest BCUT2D eigenvalue weighted by atomic mass is 79.9. The van der Waals surface area contributed by atoms with E-state index in [0.29, 0.717) is 49.4 Å². The molecule has 2 amide bonds. The van der Waals surface area contributed by atoms with Crippen LogP contribution < -0.4 is 9.47 Å². The zero-order valence-electron chi connectivity index (χ0n) is 13.2. The second-order valence-electron chi connectivity index (χ2n) is 5.71. The SMILES string of the molecule is O=C1S/C(=C/c2cc3c(cc2Br)OCO3)C(=O)N1CN1CCOCC1. The summed E-state index contributed by atoms with van der Waals surface area (Å²) in [6, 6.07) is 3.59. The average Bonchev–Trinajstić information content (AvgIpc) is 3.16. The van der Waals surface area contributed by atoms with Crippen molar-refractivity contribution in [3.8, 4) is 11.5 Å². The van der Waals surface area contributed by atoms with Gasteiger partial charge in [0.2, 0.25) is 6.79 Å². The van der Waals surface area contributed by atoms with Crippen molar-refractivity contribution < 1.29 is 23.8 Å². The Bertz CT molecular complexity index is 763. The van der Waals surface area contributed by atoms with E-state index in [1.807, 2.05) is 4.90 Å². The Morgan fingerprint density at radius 2 is 1.88 bits per heavy atom. The van der Waals surface area contributed by atoms with E-state index in [4.69, 9.17) is 14.2 Å². The first-order chi connectivity index (χ1) is 12.1. The van der Waals surface area contributed by atoms with Gasteiger partial charge in [0.15, 0.2) is 11.5 Å². The van der Waals surface area contributed by atoms with Crippen LogP contribution >= 0.6 is 27.7 Å². The molecule has 0 bridgehead atoms. The molecule has 132 valence electrons. The highest BCUT2D eigenvalue weighted by molar-refractivity contribution is 9.10. The number of hydrogen-bond acceptors (Lipinski definition) is 7. The van der Waals surface area contributed by atoms with Crippen LogP contribution in [0.5, 0.6) is 11.5 Å². The van der Waals surface area contributed by atoms with E-state index in [9.17, 15) is 9.59 Å². The lowest BCUT2D eigenvalue weighted by Gasteiger charge is -2.29. The van der Waals surface area contributed by atoms with Gasteiger partial charge in [-0.05, 0) is 35.5 Å². The molecule has 1 aromatic carbocycles. The highest BCUT2D eigenvalue weighted by Gasteiger charge is 2.36. The van der Waals surface area contributed by atoms with Crippen LogP contribution in [-0.2, 0) is 9.53 Å². The second kappa shape index (κ2) is 6.99. The first-order valence-electron chi connectivity index (χ1n) is 7.76. The Balaban J connectivity index is 1.54. The molecule has 3 aliphatic rings. The molecule has 0 spiro atoms. The van der Waals surface area contributed by atoms with Crippen molar-refractivity contribution in [1.82, 2.24) is 9.80 Å². The van der Waals surface area contributed by atoms with Gasteiger partial charge in [-0.3, -0.25) is 19.4 Å². The third kappa shape index (κ3) is 3.41. The summed E-state index contributed by atoms with van der Waals surface area (Å²) in [4.78, 5) is 28.6. The fraction of sp³-hybridized carbons (Fsp3) is 0.375. The Morgan fingerprint density at radius 3 is 2.64 bits per heavy atom. The maximum atomic E-state index is 12.6. The fourth-order valence-corrected chi connectivity index (χ4v) is 4.01. The molecule has 0 radical (unpaired) electrons. The summed E-state index contributed by atoms with van der Waals surface area (Å²) >= 11 is 4.42. The van der Waals surface area contributed by atoms with Crippen LogP contribution in [-0.4, -0.2) is 60.7 Å². The molecular weight excluding hydrogens is 412 g/mol. The molecular formula is C16H15BrN2O5S. The zero-order valence-corrected chi connectivity index (χ0v) is 15.6. The number of imide groups is 1. The van der Waals surface area contributed by atoms with Crippen LogP contribution in [0.2, 0.25) is 0 Å². The van der Waals surface area contributed by atoms with E-state index in [-0.39, 0.29) is 17.9 Å². The lowest BCUT2D eigenvalue weighted by molar-refractivity contribution is -0.125. The summed E-state index contributed by atoms with van der Waals surface area (Å²) in [7, 11) is 0. The molecule has 3 heterocycles. The summed E-state index contributed by atoms with van der Waals surface area (Å²) < 4.78 is 16.8. The molecule has 9 heteroatoms. The predicted octanol–water partition coefficient (Wildman–Crippen LogP) is 2.50. The third-order valence-electron chi connectivity index (χ3n) is 4.10. The van der Waals surface area contributed by atoms with Gasteiger partial charge >= 0.3 is 0 Å². The standard InChI is InChI=1S/C16H15BrN2O5S/c17-11-7-13-12(23-9-24-13)5-10(11)6-14-15(20)19(16(21)25-14)8-18-1-3-22-4-2-18/h5-7H,1-4,8-9H2/b14-6+. The summed E-state index contributed by atoms with van der Waals surface area (Å²) in [5, 5.41) is -0.250. The maximum absolute atomic E-state index is 12.6. The number of fused-ring (bicyclic) bond motifs is 1. The van der Waals surface area contributed by atoms with Gasteiger partial charge in [0.1, 0.15) is 0 Å². The van der Waals surface area contributed by atoms with Crippen molar-refractivity contribution in [1.29, 1.82) is 0 Å². The minimum atomic E-state index is -0.272. The first-order valence-corrected chi connectivity index (χ1v) is 9.37. The van der Waals surface area contributed by atoms with E-state index >= 15 is 0 Å². The van der Waals surface area contributed by atoms with Crippen LogP contribution in [0.15, 0.2) is 21.5 Å². The smallest absolute Gasteiger partial charge is 0.294 e. The van der Waals surface area contributed by atoms with Crippen molar-refractivity contribution in [2.75, 3.05) is 39.8 Å². The summed E-state index contributed by atoms with van der Waals surface area (Å²) in [6.07, 6.45) is 1.70. The number of hydrogen-bond donors (Lipinski definition) is 0. The maximum Gasteiger partial charge on any atom is 0.294 e. The van der Waals surface area contributed by atoms with E-state index in [1.165, 1.54) is 4.90 Å². The van der Waals surface area contributed by atoms with Gasteiger partial charge in [-0.25, -0.2) is 0 Å². The monoisotopic (exact) mass is 426 g/mol. The second-order valence-corrected chi connectivity index (χ2v) is 7.56. The number of amides is 2. The van der Waals surface area contributed by atoms with E-state index in [2.05, 4.69) is 15.9 Å². The van der Waals surface area contributed by atoms with E-state index in [0.717, 1.165) is 21.8 Å². The number of thioether (sulfide) groups is 1. The molecule has 2 saturated heterocycles. The summed E-state index contributed by atoms with van der Waals surface area (Å²) in [5.41, 5.74) is 0.765. The molecule has 0 saturated carbocycles. The van der Waals surface area contributed by atoms with Gasteiger partial charge < -0.3 is 14.2 Å². The van der Waals surface area contributed by atoms with E-state index in [1.54, 1.807) is 18.2 Å². The molecule has 7 nitrogen and oxygen atoms in total. The molecule has 4 rings (SSSR count).